The number of nitrogens with one attached hydrogen (secondary N) is 1. The second-order valence-electron chi connectivity index (χ2n) is 5.47. The van der Waals surface area contributed by atoms with Crippen molar-refractivity contribution < 1.29 is 4.74 Å². The molecule has 0 saturated heterocycles. The molecule has 2 unspecified atom stereocenters. The minimum atomic E-state index is 0.334. The Morgan fingerprint density at radius 1 is 1.29 bits per heavy atom. The second kappa shape index (κ2) is 9.44. The van der Waals surface area contributed by atoms with Gasteiger partial charge in [-0.05, 0) is 57.5 Å². The van der Waals surface area contributed by atoms with Gasteiger partial charge in [0.25, 0.3) is 0 Å². The summed E-state index contributed by atoms with van der Waals surface area (Å²) in [7, 11) is 1.76. The molecule has 0 saturated carbocycles. The molecule has 0 amide bonds. The van der Waals surface area contributed by atoms with E-state index in [4.69, 9.17) is 4.74 Å². The Bertz CT molecular complexity index is 425. The first-order valence-corrected chi connectivity index (χ1v) is 8.62. The SMILES string of the molecule is CCCNC(C)c1cc(Br)ccc1N(CC)C(C)COC. The molecule has 0 aromatic heterocycles. The molecule has 2 atom stereocenters. The molecular weight excluding hydrogens is 328 g/mol. The Balaban J connectivity index is 3.08. The van der Waals surface area contributed by atoms with Gasteiger partial charge in [0.15, 0.2) is 0 Å². The lowest BCUT2D eigenvalue weighted by atomic mass is 10.0. The van der Waals surface area contributed by atoms with Crippen molar-refractivity contribution >= 4 is 21.6 Å². The zero-order valence-electron chi connectivity index (χ0n) is 13.9. The summed E-state index contributed by atoms with van der Waals surface area (Å²) < 4.78 is 6.46. The maximum Gasteiger partial charge on any atom is 0.0663 e. The fraction of sp³-hybridized carbons (Fsp3) is 0.647. The van der Waals surface area contributed by atoms with E-state index in [2.05, 4.69) is 72.0 Å². The number of nitrogens with zero attached hydrogens (tertiary/aromatic N) is 1. The number of rotatable bonds is 9. The standard InChI is InChI=1S/C17H29BrN2O/c1-6-10-19-14(4)16-11-15(18)8-9-17(16)20(7-2)13(3)12-21-5/h8-9,11,13-14,19H,6-7,10,12H2,1-5H3. The number of anilines is 1. The number of methoxy groups -OCH3 is 1. The van der Waals surface area contributed by atoms with E-state index in [1.165, 1.54) is 11.3 Å². The molecule has 4 heteroatoms. The van der Waals surface area contributed by atoms with Crippen molar-refractivity contribution in [2.75, 3.05) is 31.7 Å². The van der Waals surface area contributed by atoms with E-state index in [0.717, 1.165) is 30.6 Å². The van der Waals surface area contributed by atoms with Crippen LogP contribution in [-0.2, 0) is 4.74 Å². The van der Waals surface area contributed by atoms with Crippen molar-refractivity contribution in [2.45, 2.75) is 46.2 Å². The number of ether oxygens (including phenoxy) is 1. The van der Waals surface area contributed by atoms with Gasteiger partial charge in [0.1, 0.15) is 0 Å². The van der Waals surface area contributed by atoms with Crippen LogP contribution in [0.2, 0.25) is 0 Å². The van der Waals surface area contributed by atoms with E-state index in [0.29, 0.717) is 12.1 Å². The summed E-state index contributed by atoms with van der Waals surface area (Å²) in [6.45, 7) is 11.6. The quantitative estimate of drug-likeness (QED) is 0.710. The summed E-state index contributed by atoms with van der Waals surface area (Å²) in [5.41, 5.74) is 2.63. The molecule has 3 nitrogen and oxygen atoms in total. The van der Waals surface area contributed by atoms with E-state index >= 15 is 0 Å². The van der Waals surface area contributed by atoms with E-state index < -0.39 is 0 Å². The van der Waals surface area contributed by atoms with Crippen LogP contribution in [0.25, 0.3) is 0 Å². The molecule has 1 rings (SSSR count). The van der Waals surface area contributed by atoms with Gasteiger partial charge < -0.3 is 15.0 Å². The first kappa shape index (κ1) is 18.5. The van der Waals surface area contributed by atoms with Crippen LogP contribution < -0.4 is 10.2 Å². The van der Waals surface area contributed by atoms with Crippen LogP contribution in [-0.4, -0.2) is 32.8 Å². The number of likely N-dealkylation sites (N-methyl/N-ethyl adjacent to an activating group) is 1. The highest BCUT2D eigenvalue weighted by molar-refractivity contribution is 9.10. The van der Waals surface area contributed by atoms with Crippen LogP contribution >= 0.6 is 15.9 Å². The Hall–Kier alpha value is -0.580. The molecule has 0 spiro atoms. The third-order valence-corrected chi connectivity index (χ3v) is 4.24. The molecule has 0 bridgehead atoms. The van der Waals surface area contributed by atoms with Crippen LogP contribution in [0.3, 0.4) is 0 Å². The largest absolute Gasteiger partial charge is 0.383 e. The summed E-state index contributed by atoms with van der Waals surface area (Å²) in [5, 5.41) is 3.59. The van der Waals surface area contributed by atoms with E-state index in [9.17, 15) is 0 Å². The molecule has 0 heterocycles. The lowest BCUT2D eigenvalue weighted by Gasteiger charge is -2.33. The third-order valence-electron chi connectivity index (χ3n) is 3.75. The smallest absolute Gasteiger partial charge is 0.0663 e. The Kier molecular flexibility index (Phi) is 8.30. The molecule has 0 fully saturated rings. The maximum absolute atomic E-state index is 5.33. The van der Waals surface area contributed by atoms with Gasteiger partial charge in [-0.2, -0.15) is 0 Å². The molecule has 0 aliphatic rings. The molecule has 0 radical (unpaired) electrons. The topological polar surface area (TPSA) is 24.5 Å². The van der Waals surface area contributed by atoms with Gasteiger partial charge in [-0.25, -0.2) is 0 Å². The highest BCUT2D eigenvalue weighted by Crippen LogP contribution is 2.30. The normalized spacial score (nSPS) is 14.0. The Labute approximate surface area is 138 Å². The highest BCUT2D eigenvalue weighted by atomic mass is 79.9. The van der Waals surface area contributed by atoms with Gasteiger partial charge >= 0.3 is 0 Å². The molecular formula is C17H29BrN2O. The van der Waals surface area contributed by atoms with Crippen LogP contribution in [0.1, 0.15) is 45.7 Å². The molecule has 0 aliphatic heterocycles. The zero-order valence-corrected chi connectivity index (χ0v) is 15.5. The molecule has 21 heavy (non-hydrogen) atoms. The van der Waals surface area contributed by atoms with Crippen molar-refractivity contribution in [3.8, 4) is 0 Å². The molecule has 1 N–H and O–H groups in total. The predicted molar refractivity (Wildman–Crippen MR) is 95.2 cm³/mol. The van der Waals surface area contributed by atoms with Crippen LogP contribution in [0.15, 0.2) is 22.7 Å². The minimum Gasteiger partial charge on any atom is -0.383 e. The van der Waals surface area contributed by atoms with Crippen LogP contribution in [0.4, 0.5) is 5.69 Å². The molecule has 0 aliphatic carbocycles. The van der Waals surface area contributed by atoms with Crippen molar-refractivity contribution in [1.29, 1.82) is 0 Å². The number of hydrogen-bond acceptors (Lipinski definition) is 3. The van der Waals surface area contributed by atoms with Crippen molar-refractivity contribution in [2.24, 2.45) is 0 Å². The Morgan fingerprint density at radius 2 is 2.00 bits per heavy atom. The summed E-state index contributed by atoms with van der Waals surface area (Å²) in [5.74, 6) is 0. The van der Waals surface area contributed by atoms with Gasteiger partial charge in [-0.15, -0.1) is 0 Å². The zero-order chi connectivity index (χ0) is 15.8. The molecule has 120 valence electrons. The second-order valence-corrected chi connectivity index (χ2v) is 6.39. The van der Waals surface area contributed by atoms with Crippen molar-refractivity contribution in [1.82, 2.24) is 5.32 Å². The lowest BCUT2D eigenvalue weighted by Crippen LogP contribution is -2.37. The average Bonchev–Trinajstić information content (AvgIpc) is 2.47. The lowest BCUT2D eigenvalue weighted by molar-refractivity contribution is 0.182. The van der Waals surface area contributed by atoms with Crippen molar-refractivity contribution in [3.05, 3.63) is 28.2 Å². The van der Waals surface area contributed by atoms with E-state index in [-0.39, 0.29) is 0 Å². The Morgan fingerprint density at radius 3 is 2.57 bits per heavy atom. The van der Waals surface area contributed by atoms with Gasteiger partial charge in [-0.3, -0.25) is 0 Å². The van der Waals surface area contributed by atoms with E-state index in [1.54, 1.807) is 7.11 Å². The van der Waals surface area contributed by atoms with Gasteiger partial charge in [0.05, 0.1) is 6.61 Å². The summed E-state index contributed by atoms with van der Waals surface area (Å²) >= 11 is 3.60. The fourth-order valence-electron chi connectivity index (χ4n) is 2.66. The van der Waals surface area contributed by atoms with Crippen molar-refractivity contribution in [3.63, 3.8) is 0 Å². The number of benzene rings is 1. The maximum atomic E-state index is 5.33. The van der Waals surface area contributed by atoms with E-state index in [1.807, 2.05) is 0 Å². The van der Waals surface area contributed by atoms with Crippen LogP contribution in [0.5, 0.6) is 0 Å². The van der Waals surface area contributed by atoms with Gasteiger partial charge in [0.2, 0.25) is 0 Å². The van der Waals surface area contributed by atoms with Crippen LogP contribution in [0, 0.1) is 0 Å². The average molecular weight is 357 g/mol. The fourth-order valence-corrected chi connectivity index (χ4v) is 3.03. The summed E-state index contributed by atoms with van der Waals surface area (Å²) in [4.78, 5) is 2.41. The van der Waals surface area contributed by atoms with Gasteiger partial charge in [-0.1, -0.05) is 22.9 Å². The summed E-state index contributed by atoms with van der Waals surface area (Å²) in [6.07, 6.45) is 1.14. The first-order valence-electron chi connectivity index (χ1n) is 7.83. The highest BCUT2D eigenvalue weighted by Gasteiger charge is 2.19. The third kappa shape index (κ3) is 5.28. The monoisotopic (exact) mass is 356 g/mol. The molecule has 1 aromatic rings. The minimum absolute atomic E-state index is 0.334. The van der Waals surface area contributed by atoms with Gasteiger partial charge in [0, 0.05) is 35.9 Å². The predicted octanol–water partition coefficient (Wildman–Crippen LogP) is 4.37. The first-order chi connectivity index (χ1) is 10.0. The number of hydrogen-bond donors (Lipinski definition) is 1. The molecule has 1 aromatic carbocycles. The summed E-state index contributed by atoms with van der Waals surface area (Å²) in [6, 6.07) is 7.25. The number of halogens is 1.